The van der Waals surface area contributed by atoms with Gasteiger partial charge in [-0.15, -0.1) is 0 Å². The summed E-state index contributed by atoms with van der Waals surface area (Å²) in [5, 5.41) is 9.10. The number of carbonyl (C=O) groups is 1. The van der Waals surface area contributed by atoms with Crippen LogP contribution in [0.3, 0.4) is 0 Å². The molecular formula is C19H27F3N2O2. The lowest BCUT2D eigenvalue weighted by molar-refractivity contribution is -0.139. The molecule has 0 aromatic heterocycles. The van der Waals surface area contributed by atoms with Crippen LogP contribution in [-0.2, 0) is 17.4 Å². The van der Waals surface area contributed by atoms with Crippen molar-refractivity contribution in [3.8, 4) is 0 Å². The van der Waals surface area contributed by atoms with E-state index in [4.69, 9.17) is 5.11 Å². The molecule has 0 unspecified atom stereocenters. The highest BCUT2D eigenvalue weighted by Crippen LogP contribution is 2.32. The van der Waals surface area contributed by atoms with Gasteiger partial charge in [-0.25, -0.2) is 0 Å². The Hall–Kier alpha value is -1.60. The maximum Gasteiger partial charge on any atom is 0.416 e. The van der Waals surface area contributed by atoms with Crippen LogP contribution in [0.15, 0.2) is 24.3 Å². The molecule has 26 heavy (non-hydrogen) atoms. The number of rotatable bonds is 6. The summed E-state index contributed by atoms with van der Waals surface area (Å²) in [4.78, 5) is 16.4. The standard InChI is InChI=1S/C19H27F3N2O2/c1-23(2)17-9-10-24(13-15(17)7-5-11-25)18(26)12-14-6-3-4-8-16(14)19(20,21)22/h3-4,6,8,15,17,25H,5,7,9-13H2,1-2H3/t15-,17+/m0/s1. The van der Waals surface area contributed by atoms with Crippen molar-refractivity contribution in [2.75, 3.05) is 33.8 Å². The first kappa shape index (κ1) is 20.7. The van der Waals surface area contributed by atoms with Crippen molar-refractivity contribution in [2.45, 2.75) is 37.9 Å². The average Bonchev–Trinajstić information content (AvgIpc) is 2.59. The minimum absolute atomic E-state index is 0.0200. The first-order valence-electron chi connectivity index (χ1n) is 8.94. The van der Waals surface area contributed by atoms with E-state index in [9.17, 15) is 18.0 Å². The molecule has 0 radical (unpaired) electrons. The Balaban J connectivity index is 2.08. The lowest BCUT2D eigenvalue weighted by Crippen LogP contribution is -2.51. The molecule has 7 heteroatoms. The topological polar surface area (TPSA) is 43.8 Å². The Labute approximate surface area is 152 Å². The van der Waals surface area contributed by atoms with Crippen LogP contribution in [0.1, 0.15) is 30.4 Å². The fourth-order valence-electron chi connectivity index (χ4n) is 3.79. The van der Waals surface area contributed by atoms with Crippen LogP contribution in [0.4, 0.5) is 13.2 Å². The molecule has 0 saturated carbocycles. The van der Waals surface area contributed by atoms with Crippen LogP contribution < -0.4 is 0 Å². The van der Waals surface area contributed by atoms with E-state index < -0.39 is 11.7 Å². The van der Waals surface area contributed by atoms with E-state index in [0.29, 0.717) is 25.6 Å². The van der Waals surface area contributed by atoms with Crippen LogP contribution >= 0.6 is 0 Å². The van der Waals surface area contributed by atoms with Crippen LogP contribution in [0.25, 0.3) is 0 Å². The van der Waals surface area contributed by atoms with E-state index in [1.165, 1.54) is 18.2 Å². The number of halogens is 3. The Morgan fingerprint density at radius 1 is 1.31 bits per heavy atom. The summed E-state index contributed by atoms with van der Waals surface area (Å²) in [6.45, 7) is 1.17. The second kappa shape index (κ2) is 8.86. The minimum Gasteiger partial charge on any atom is -0.396 e. The van der Waals surface area contributed by atoms with Gasteiger partial charge in [-0.2, -0.15) is 13.2 Å². The largest absolute Gasteiger partial charge is 0.416 e. The molecule has 1 heterocycles. The number of aliphatic hydroxyl groups excluding tert-OH is 1. The third kappa shape index (κ3) is 5.20. The molecule has 0 spiro atoms. The number of benzene rings is 1. The van der Waals surface area contributed by atoms with Crippen molar-refractivity contribution in [3.05, 3.63) is 35.4 Å². The van der Waals surface area contributed by atoms with Crippen LogP contribution in [0.2, 0.25) is 0 Å². The second-order valence-corrected chi connectivity index (χ2v) is 7.12. The summed E-state index contributed by atoms with van der Waals surface area (Å²) in [7, 11) is 3.99. The van der Waals surface area contributed by atoms with Crippen LogP contribution in [0.5, 0.6) is 0 Å². The summed E-state index contributed by atoms with van der Waals surface area (Å²) >= 11 is 0. The van der Waals surface area contributed by atoms with Gasteiger partial charge in [-0.3, -0.25) is 4.79 Å². The lowest BCUT2D eigenvalue weighted by atomic mass is 9.87. The molecule has 1 aliphatic rings. The molecule has 1 aliphatic heterocycles. The molecule has 1 saturated heterocycles. The third-order valence-electron chi connectivity index (χ3n) is 5.11. The van der Waals surface area contributed by atoms with Gasteiger partial charge >= 0.3 is 6.18 Å². The zero-order valence-electron chi connectivity index (χ0n) is 15.3. The van der Waals surface area contributed by atoms with Gasteiger partial charge < -0.3 is 14.9 Å². The Morgan fingerprint density at radius 3 is 2.62 bits per heavy atom. The second-order valence-electron chi connectivity index (χ2n) is 7.12. The normalized spacial score (nSPS) is 21.3. The van der Waals surface area contributed by atoms with Gasteiger partial charge in [0.05, 0.1) is 12.0 Å². The van der Waals surface area contributed by atoms with E-state index in [1.807, 2.05) is 14.1 Å². The molecular weight excluding hydrogens is 345 g/mol. The molecule has 2 rings (SSSR count). The van der Waals surface area contributed by atoms with E-state index in [2.05, 4.69) is 4.90 Å². The summed E-state index contributed by atoms with van der Waals surface area (Å²) in [6, 6.07) is 5.57. The molecule has 146 valence electrons. The molecule has 0 aliphatic carbocycles. The summed E-state index contributed by atoms with van der Waals surface area (Å²) < 4.78 is 39.4. The number of nitrogens with zero attached hydrogens (tertiary/aromatic N) is 2. The van der Waals surface area contributed by atoms with Crippen molar-refractivity contribution in [2.24, 2.45) is 5.92 Å². The highest BCUT2D eigenvalue weighted by atomic mass is 19.4. The van der Waals surface area contributed by atoms with Gasteiger partial charge in [0.15, 0.2) is 0 Å². The van der Waals surface area contributed by atoms with Gasteiger partial charge in [0.2, 0.25) is 5.91 Å². The monoisotopic (exact) mass is 372 g/mol. The fourth-order valence-corrected chi connectivity index (χ4v) is 3.79. The third-order valence-corrected chi connectivity index (χ3v) is 5.11. The summed E-state index contributed by atoms with van der Waals surface area (Å²) in [5.74, 6) is -0.0550. The van der Waals surface area contributed by atoms with Crippen molar-refractivity contribution in [3.63, 3.8) is 0 Å². The van der Waals surface area contributed by atoms with E-state index in [1.54, 1.807) is 4.90 Å². The van der Waals surface area contributed by atoms with Crippen LogP contribution in [-0.4, -0.2) is 60.6 Å². The van der Waals surface area contributed by atoms with E-state index >= 15 is 0 Å². The van der Waals surface area contributed by atoms with Crippen molar-refractivity contribution < 1.29 is 23.1 Å². The predicted molar refractivity (Wildman–Crippen MR) is 93.6 cm³/mol. The number of amides is 1. The number of likely N-dealkylation sites (tertiary alicyclic amines) is 1. The molecule has 1 fully saturated rings. The predicted octanol–water partition coefficient (Wildman–Crippen LogP) is 2.80. The summed E-state index contributed by atoms with van der Waals surface area (Å²) in [6.07, 6.45) is -2.46. The Morgan fingerprint density at radius 2 is 2.00 bits per heavy atom. The fraction of sp³-hybridized carbons (Fsp3) is 0.632. The number of alkyl halides is 3. The maximum atomic E-state index is 13.1. The smallest absolute Gasteiger partial charge is 0.396 e. The molecule has 1 N–H and O–H groups in total. The molecule has 1 amide bonds. The number of hydrogen-bond acceptors (Lipinski definition) is 3. The van der Waals surface area contributed by atoms with Gasteiger partial charge in [0, 0.05) is 25.7 Å². The van der Waals surface area contributed by atoms with Gasteiger partial charge in [0.1, 0.15) is 0 Å². The van der Waals surface area contributed by atoms with Gasteiger partial charge in [0.25, 0.3) is 0 Å². The van der Waals surface area contributed by atoms with Crippen molar-refractivity contribution in [1.29, 1.82) is 0 Å². The minimum atomic E-state index is -4.46. The summed E-state index contributed by atoms with van der Waals surface area (Å²) in [5.41, 5.74) is -0.722. The van der Waals surface area contributed by atoms with E-state index in [-0.39, 0.29) is 30.4 Å². The molecule has 1 aromatic carbocycles. The molecule has 1 aromatic rings. The van der Waals surface area contributed by atoms with Gasteiger partial charge in [-0.05, 0) is 50.9 Å². The number of piperidine rings is 1. The molecule has 4 nitrogen and oxygen atoms in total. The lowest BCUT2D eigenvalue weighted by Gasteiger charge is -2.42. The van der Waals surface area contributed by atoms with Gasteiger partial charge in [-0.1, -0.05) is 18.2 Å². The number of hydrogen-bond donors (Lipinski definition) is 1. The Kier molecular flexibility index (Phi) is 7.06. The maximum absolute atomic E-state index is 13.1. The zero-order chi connectivity index (χ0) is 19.3. The Bertz CT molecular complexity index is 605. The van der Waals surface area contributed by atoms with Crippen LogP contribution in [0, 0.1) is 5.92 Å². The average molecular weight is 372 g/mol. The van der Waals surface area contributed by atoms with Crippen molar-refractivity contribution >= 4 is 5.91 Å². The van der Waals surface area contributed by atoms with Crippen molar-refractivity contribution in [1.82, 2.24) is 9.80 Å². The number of aliphatic hydroxyl groups is 1. The SMILES string of the molecule is CN(C)[C@@H]1CCN(C(=O)Cc2ccccc2C(F)(F)F)C[C@@H]1CCCO. The highest BCUT2D eigenvalue weighted by Gasteiger charge is 2.35. The molecule has 0 bridgehead atoms. The number of carbonyl (C=O) groups excluding carboxylic acids is 1. The molecule has 2 atom stereocenters. The zero-order valence-corrected chi connectivity index (χ0v) is 15.3. The highest BCUT2D eigenvalue weighted by molar-refractivity contribution is 5.79. The van der Waals surface area contributed by atoms with E-state index in [0.717, 1.165) is 18.9 Å². The quantitative estimate of drug-likeness (QED) is 0.835. The first-order valence-corrected chi connectivity index (χ1v) is 8.94. The first-order chi connectivity index (χ1) is 12.2.